The van der Waals surface area contributed by atoms with Gasteiger partial charge in [-0.1, -0.05) is 61.9 Å². The molecule has 0 heterocycles. The van der Waals surface area contributed by atoms with Gasteiger partial charge in [0.1, 0.15) is 12.6 Å². The van der Waals surface area contributed by atoms with E-state index in [1.54, 1.807) is 37.3 Å². The summed E-state index contributed by atoms with van der Waals surface area (Å²) in [5, 5.41) is 2.91. The second-order valence-corrected chi connectivity index (χ2v) is 11.7. The van der Waals surface area contributed by atoms with E-state index in [0.717, 1.165) is 39.4 Å². The number of hydrogen-bond acceptors (Lipinski definition) is 4. The minimum Gasteiger partial charge on any atom is -0.354 e. The van der Waals surface area contributed by atoms with Crippen molar-refractivity contribution in [2.75, 3.05) is 17.4 Å². The summed E-state index contributed by atoms with van der Waals surface area (Å²) in [6.07, 6.45) is 1.77. The fraction of sp³-hybridized carbons (Fsp3) is 0.355. The van der Waals surface area contributed by atoms with Crippen LogP contribution in [-0.4, -0.2) is 44.3 Å². The molecular weight excluding hydrogens is 510 g/mol. The molecule has 0 saturated carbocycles. The Morgan fingerprint density at radius 2 is 1.54 bits per heavy atom. The first kappa shape index (κ1) is 29.9. The number of hydrogen-bond donors (Lipinski definition) is 1. The molecule has 2 amide bonds. The summed E-state index contributed by atoms with van der Waals surface area (Å²) in [7, 11) is -4.07. The highest BCUT2D eigenvalue weighted by atomic mass is 32.2. The Labute approximate surface area is 232 Å². The van der Waals surface area contributed by atoms with E-state index >= 15 is 0 Å². The highest BCUT2D eigenvalue weighted by Crippen LogP contribution is 2.26. The number of anilines is 1. The number of benzene rings is 3. The highest BCUT2D eigenvalue weighted by Gasteiger charge is 2.32. The van der Waals surface area contributed by atoms with E-state index in [2.05, 4.69) is 5.32 Å². The van der Waals surface area contributed by atoms with E-state index in [1.807, 2.05) is 58.0 Å². The molecule has 0 aromatic heterocycles. The second-order valence-electron chi connectivity index (χ2n) is 9.86. The molecule has 0 fully saturated rings. The lowest BCUT2D eigenvalue weighted by molar-refractivity contribution is -0.139. The van der Waals surface area contributed by atoms with Gasteiger partial charge in [0.2, 0.25) is 11.8 Å². The van der Waals surface area contributed by atoms with Crippen molar-refractivity contribution in [2.45, 2.75) is 64.9 Å². The van der Waals surface area contributed by atoms with Crippen molar-refractivity contribution in [3.63, 3.8) is 0 Å². The third kappa shape index (κ3) is 7.47. The SMILES string of the molecule is CCCCNC(=O)[C@H](C)N(Cc1ccccc1C)C(=O)CN(c1ccc(C)c(C)c1)S(=O)(=O)c1ccccc1. The third-order valence-electron chi connectivity index (χ3n) is 6.99. The molecule has 0 aliphatic rings. The number of rotatable bonds is 12. The zero-order chi connectivity index (χ0) is 28.6. The van der Waals surface area contributed by atoms with E-state index in [-0.39, 0.29) is 17.3 Å². The molecule has 1 N–H and O–H groups in total. The summed E-state index contributed by atoms with van der Waals surface area (Å²) in [6, 6.07) is 20.3. The first-order chi connectivity index (χ1) is 18.6. The van der Waals surface area contributed by atoms with Gasteiger partial charge in [0.15, 0.2) is 0 Å². The largest absolute Gasteiger partial charge is 0.354 e. The van der Waals surface area contributed by atoms with Crippen LogP contribution < -0.4 is 9.62 Å². The molecular formula is C31H39N3O4S. The lowest BCUT2D eigenvalue weighted by Gasteiger charge is -2.32. The third-order valence-corrected chi connectivity index (χ3v) is 8.78. The molecule has 1 atom stereocenters. The first-order valence-corrected chi connectivity index (χ1v) is 14.8. The number of unbranched alkanes of at least 4 members (excludes halogenated alkanes) is 1. The van der Waals surface area contributed by atoms with Gasteiger partial charge in [-0.15, -0.1) is 0 Å². The maximum atomic E-state index is 14.0. The maximum absolute atomic E-state index is 14.0. The summed E-state index contributed by atoms with van der Waals surface area (Å²) >= 11 is 0. The van der Waals surface area contributed by atoms with E-state index < -0.39 is 28.5 Å². The number of amides is 2. The molecule has 39 heavy (non-hydrogen) atoms. The van der Waals surface area contributed by atoms with E-state index in [9.17, 15) is 18.0 Å². The Morgan fingerprint density at radius 3 is 2.18 bits per heavy atom. The Kier molecular flexibility index (Phi) is 10.3. The zero-order valence-corrected chi connectivity index (χ0v) is 24.3. The van der Waals surface area contributed by atoms with Crippen molar-refractivity contribution in [1.82, 2.24) is 10.2 Å². The quantitative estimate of drug-likeness (QED) is 0.317. The predicted octanol–water partition coefficient (Wildman–Crippen LogP) is 5.14. The summed E-state index contributed by atoms with van der Waals surface area (Å²) in [5.74, 6) is -0.733. The van der Waals surface area contributed by atoms with Crippen LogP contribution in [0.2, 0.25) is 0 Å². The van der Waals surface area contributed by atoms with Gasteiger partial charge in [0.25, 0.3) is 10.0 Å². The second kappa shape index (κ2) is 13.4. The van der Waals surface area contributed by atoms with Crippen LogP contribution in [0, 0.1) is 20.8 Å². The number of carbonyl (C=O) groups is 2. The van der Waals surface area contributed by atoms with E-state index in [4.69, 9.17) is 0 Å². The van der Waals surface area contributed by atoms with Gasteiger partial charge >= 0.3 is 0 Å². The number of nitrogens with one attached hydrogen (secondary N) is 1. The minimum absolute atomic E-state index is 0.0897. The van der Waals surface area contributed by atoms with Crippen LogP contribution in [0.3, 0.4) is 0 Å². The lowest BCUT2D eigenvalue weighted by atomic mass is 10.1. The monoisotopic (exact) mass is 549 g/mol. The maximum Gasteiger partial charge on any atom is 0.264 e. The number of aryl methyl sites for hydroxylation is 3. The Hall–Kier alpha value is -3.65. The fourth-order valence-electron chi connectivity index (χ4n) is 4.22. The summed E-state index contributed by atoms with van der Waals surface area (Å²) < 4.78 is 28.8. The Balaban J connectivity index is 2.02. The molecule has 0 saturated heterocycles. The molecule has 208 valence electrons. The van der Waals surface area contributed by atoms with Gasteiger partial charge in [-0.05, 0) is 80.6 Å². The van der Waals surface area contributed by atoms with Crippen LogP contribution >= 0.6 is 0 Å². The molecule has 0 bridgehead atoms. The van der Waals surface area contributed by atoms with Gasteiger partial charge in [-0.2, -0.15) is 0 Å². The van der Waals surface area contributed by atoms with Crippen LogP contribution in [0.4, 0.5) is 5.69 Å². The van der Waals surface area contributed by atoms with Crippen molar-refractivity contribution >= 4 is 27.5 Å². The summed E-state index contributed by atoms with van der Waals surface area (Å²) in [4.78, 5) is 28.6. The first-order valence-electron chi connectivity index (χ1n) is 13.3. The predicted molar refractivity (Wildman–Crippen MR) is 156 cm³/mol. The normalized spacial score (nSPS) is 12.0. The van der Waals surface area contributed by atoms with Crippen LogP contribution in [-0.2, 0) is 26.2 Å². The Morgan fingerprint density at radius 1 is 0.872 bits per heavy atom. The molecule has 0 aliphatic carbocycles. The highest BCUT2D eigenvalue weighted by molar-refractivity contribution is 7.92. The molecule has 0 unspecified atom stereocenters. The van der Waals surface area contributed by atoms with Crippen molar-refractivity contribution < 1.29 is 18.0 Å². The van der Waals surface area contributed by atoms with Gasteiger partial charge in [-0.25, -0.2) is 8.42 Å². The van der Waals surface area contributed by atoms with Crippen molar-refractivity contribution in [3.05, 3.63) is 95.1 Å². The van der Waals surface area contributed by atoms with Crippen molar-refractivity contribution in [2.24, 2.45) is 0 Å². The molecule has 0 aliphatic heterocycles. The zero-order valence-electron chi connectivity index (χ0n) is 23.5. The van der Waals surface area contributed by atoms with Crippen LogP contribution in [0.15, 0.2) is 77.7 Å². The van der Waals surface area contributed by atoms with Crippen molar-refractivity contribution in [1.29, 1.82) is 0 Å². The average Bonchev–Trinajstić information content (AvgIpc) is 2.92. The van der Waals surface area contributed by atoms with Gasteiger partial charge in [0.05, 0.1) is 10.6 Å². The summed E-state index contributed by atoms with van der Waals surface area (Å²) in [6.45, 7) is 9.78. The topological polar surface area (TPSA) is 86.8 Å². The van der Waals surface area contributed by atoms with Gasteiger partial charge in [0, 0.05) is 13.1 Å². The molecule has 8 heteroatoms. The smallest absolute Gasteiger partial charge is 0.264 e. The number of sulfonamides is 1. The fourth-order valence-corrected chi connectivity index (χ4v) is 5.65. The average molecular weight is 550 g/mol. The van der Waals surface area contributed by atoms with E-state index in [0.29, 0.717) is 12.2 Å². The van der Waals surface area contributed by atoms with Gasteiger partial charge in [-0.3, -0.25) is 13.9 Å². The lowest BCUT2D eigenvalue weighted by Crippen LogP contribution is -2.51. The molecule has 3 aromatic carbocycles. The molecule has 0 spiro atoms. The van der Waals surface area contributed by atoms with Crippen LogP contribution in [0.5, 0.6) is 0 Å². The molecule has 0 radical (unpaired) electrons. The number of carbonyl (C=O) groups excluding carboxylic acids is 2. The minimum atomic E-state index is -4.07. The molecule has 7 nitrogen and oxygen atoms in total. The standard InChI is InChI=1S/C31H39N3O4S/c1-6-7-19-32-31(36)26(5)33(21-27-14-12-11-13-24(27)3)30(35)22-34(28-18-17-23(2)25(4)20-28)39(37,38)29-15-9-8-10-16-29/h8-18,20,26H,6-7,19,21-22H2,1-5H3,(H,32,36)/t26-/m0/s1. The van der Waals surface area contributed by atoms with Crippen LogP contribution in [0.25, 0.3) is 0 Å². The Bertz CT molecular complexity index is 1390. The van der Waals surface area contributed by atoms with Gasteiger partial charge < -0.3 is 10.2 Å². The number of nitrogens with zero attached hydrogens (tertiary/aromatic N) is 2. The van der Waals surface area contributed by atoms with Crippen molar-refractivity contribution in [3.8, 4) is 0 Å². The van der Waals surface area contributed by atoms with E-state index in [1.165, 1.54) is 17.0 Å². The van der Waals surface area contributed by atoms with Crippen LogP contribution in [0.1, 0.15) is 48.9 Å². The molecule has 3 rings (SSSR count). The summed E-state index contributed by atoms with van der Waals surface area (Å²) in [5.41, 5.74) is 4.19. The molecule has 3 aromatic rings.